The van der Waals surface area contributed by atoms with Crippen LogP contribution < -0.4 is 5.32 Å². The van der Waals surface area contributed by atoms with E-state index in [1.165, 1.54) is 0 Å². The maximum Gasteiger partial charge on any atom is 0.101 e. The molecule has 0 bridgehead atoms. The Hall–Kier alpha value is -1.60. The predicted octanol–water partition coefficient (Wildman–Crippen LogP) is 2.43. The largest absolute Gasteiger partial charge is 0.385 e. The van der Waals surface area contributed by atoms with E-state index in [4.69, 9.17) is 10.00 Å². The monoisotopic (exact) mass is 233 g/mol. The minimum atomic E-state index is 0.124. The SMILES string of the molecule is COCCC(C)(C)CNc1cnccc1C#N. The van der Waals surface area contributed by atoms with Gasteiger partial charge in [-0.3, -0.25) is 4.98 Å². The lowest BCUT2D eigenvalue weighted by atomic mass is 9.89. The van der Waals surface area contributed by atoms with Gasteiger partial charge in [0.1, 0.15) is 6.07 Å². The van der Waals surface area contributed by atoms with Gasteiger partial charge in [0.05, 0.1) is 17.4 Å². The van der Waals surface area contributed by atoms with Crippen molar-refractivity contribution in [3.8, 4) is 6.07 Å². The van der Waals surface area contributed by atoms with Gasteiger partial charge in [0.25, 0.3) is 0 Å². The Morgan fingerprint density at radius 2 is 2.29 bits per heavy atom. The van der Waals surface area contributed by atoms with Crippen molar-refractivity contribution in [2.45, 2.75) is 20.3 Å². The summed E-state index contributed by atoms with van der Waals surface area (Å²) in [5, 5.41) is 12.2. The Kier molecular flexibility index (Phi) is 4.92. The summed E-state index contributed by atoms with van der Waals surface area (Å²) >= 11 is 0. The van der Waals surface area contributed by atoms with Crippen molar-refractivity contribution >= 4 is 5.69 Å². The van der Waals surface area contributed by atoms with Crippen LogP contribution in [0.5, 0.6) is 0 Å². The smallest absolute Gasteiger partial charge is 0.101 e. The van der Waals surface area contributed by atoms with Gasteiger partial charge in [-0.1, -0.05) is 13.8 Å². The number of aromatic nitrogens is 1. The number of methoxy groups -OCH3 is 1. The first-order chi connectivity index (χ1) is 8.09. The number of rotatable bonds is 6. The van der Waals surface area contributed by atoms with Crippen LogP contribution in [0.25, 0.3) is 0 Å². The van der Waals surface area contributed by atoms with E-state index < -0.39 is 0 Å². The van der Waals surface area contributed by atoms with Crippen molar-refractivity contribution in [3.05, 3.63) is 24.0 Å². The number of ether oxygens (including phenoxy) is 1. The van der Waals surface area contributed by atoms with Gasteiger partial charge in [-0.2, -0.15) is 5.26 Å². The maximum absolute atomic E-state index is 8.95. The second-order valence-electron chi connectivity index (χ2n) is 4.79. The van der Waals surface area contributed by atoms with E-state index in [0.29, 0.717) is 5.56 Å². The van der Waals surface area contributed by atoms with Gasteiger partial charge in [0.15, 0.2) is 0 Å². The lowest BCUT2D eigenvalue weighted by Gasteiger charge is -2.25. The van der Waals surface area contributed by atoms with E-state index in [1.807, 2.05) is 0 Å². The third kappa shape index (κ3) is 4.41. The molecule has 1 heterocycles. The molecule has 0 aliphatic heterocycles. The Morgan fingerprint density at radius 1 is 1.53 bits per heavy atom. The van der Waals surface area contributed by atoms with Crippen molar-refractivity contribution in [1.82, 2.24) is 4.98 Å². The predicted molar refractivity (Wildman–Crippen MR) is 67.7 cm³/mol. The Morgan fingerprint density at radius 3 is 2.94 bits per heavy atom. The number of nitrogens with zero attached hydrogens (tertiary/aromatic N) is 2. The van der Waals surface area contributed by atoms with Crippen molar-refractivity contribution < 1.29 is 4.74 Å². The lowest BCUT2D eigenvalue weighted by molar-refractivity contribution is 0.157. The Balaban J connectivity index is 2.58. The number of nitrogens with one attached hydrogen (secondary N) is 1. The number of hydrogen-bond donors (Lipinski definition) is 1. The summed E-state index contributed by atoms with van der Waals surface area (Å²) in [6, 6.07) is 3.86. The molecule has 0 saturated heterocycles. The molecule has 4 heteroatoms. The number of pyridine rings is 1. The fourth-order valence-electron chi connectivity index (χ4n) is 1.43. The zero-order chi connectivity index (χ0) is 12.7. The highest BCUT2D eigenvalue weighted by molar-refractivity contribution is 5.55. The first kappa shape index (κ1) is 13.5. The highest BCUT2D eigenvalue weighted by Crippen LogP contribution is 2.22. The van der Waals surface area contributed by atoms with E-state index in [-0.39, 0.29) is 5.41 Å². The van der Waals surface area contributed by atoms with Gasteiger partial charge in [-0.15, -0.1) is 0 Å². The van der Waals surface area contributed by atoms with Crippen molar-refractivity contribution in [1.29, 1.82) is 5.26 Å². The second-order valence-corrected chi connectivity index (χ2v) is 4.79. The van der Waals surface area contributed by atoms with Crippen LogP contribution in [0.2, 0.25) is 0 Å². The molecule has 0 aliphatic rings. The van der Waals surface area contributed by atoms with E-state index >= 15 is 0 Å². The molecule has 0 unspecified atom stereocenters. The molecule has 0 spiro atoms. The Bertz CT molecular complexity index is 396. The first-order valence-corrected chi connectivity index (χ1v) is 5.66. The van der Waals surface area contributed by atoms with Gasteiger partial charge in [-0.25, -0.2) is 0 Å². The van der Waals surface area contributed by atoms with Crippen LogP contribution in [0.1, 0.15) is 25.8 Å². The molecule has 1 aromatic rings. The van der Waals surface area contributed by atoms with Gasteiger partial charge in [0, 0.05) is 26.5 Å². The topological polar surface area (TPSA) is 57.9 Å². The van der Waals surface area contributed by atoms with Crippen LogP contribution in [-0.2, 0) is 4.74 Å². The third-order valence-electron chi connectivity index (χ3n) is 2.68. The molecule has 0 atom stereocenters. The molecule has 0 radical (unpaired) electrons. The molecule has 0 saturated carbocycles. The molecule has 1 rings (SSSR count). The first-order valence-electron chi connectivity index (χ1n) is 5.66. The van der Waals surface area contributed by atoms with Crippen LogP contribution in [0.3, 0.4) is 0 Å². The van der Waals surface area contributed by atoms with Gasteiger partial charge in [0.2, 0.25) is 0 Å². The van der Waals surface area contributed by atoms with E-state index in [9.17, 15) is 0 Å². The van der Waals surface area contributed by atoms with Crippen LogP contribution in [-0.4, -0.2) is 25.2 Å². The number of nitriles is 1. The fourth-order valence-corrected chi connectivity index (χ4v) is 1.43. The average molecular weight is 233 g/mol. The third-order valence-corrected chi connectivity index (χ3v) is 2.68. The quantitative estimate of drug-likeness (QED) is 0.819. The van der Waals surface area contributed by atoms with E-state index in [2.05, 4.69) is 30.2 Å². The van der Waals surface area contributed by atoms with Crippen LogP contribution in [0.15, 0.2) is 18.5 Å². The van der Waals surface area contributed by atoms with Crippen LogP contribution in [0, 0.1) is 16.7 Å². The van der Waals surface area contributed by atoms with Crippen molar-refractivity contribution in [3.63, 3.8) is 0 Å². The standard InChI is InChI=1S/C13H19N3O/c1-13(2,5-7-17-3)10-16-12-9-15-6-4-11(12)8-14/h4,6,9,16H,5,7,10H2,1-3H3. The molecule has 0 fully saturated rings. The summed E-state index contributed by atoms with van der Waals surface area (Å²) in [4.78, 5) is 4.02. The molecule has 1 N–H and O–H groups in total. The average Bonchev–Trinajstić information content (AvgIpc) is 2.34. The highest BCUT2D eigenvalue weighted by atomic mass is 16.5. The van der Waals surface area contributed by atoms with E-state index in [0.717, 1.165) is 25.3 Å². The second kappa shape index (κ2) is 6.21. The van der Waals surface area contributed by atoms with E-state index in [1.54, 1.807) is 25.6 Å². The van der Waals surface area contributed by atoms with Crippen LogP contribution in [0.4, 0.5) is 5.69 Å². The van der Waals surface area contributed by atoms with Crippen LogP contribution >= 0.6 is 0 Å². The highest BCUT2D eigenvalue weighted by Gasteiger charge is 2.17. The summed E-state index contributed by atoms with van der Waals surface area (Å²) in [6.07, 6.45) is 4.28. The Labute approximate surface area is 103 Å². The van der Waals surface area contributed by atoms with Gasteiger partial charge >= 0.3 is 0 Å². The van der Waals surface area contributed by atoms with Gasteiger partial charge in [-0.05, 0) is 17.9 Å². The summed E-state index contributed by atoms with van der Waals surface area (Å²) in [5.74, 6) is 0. The molecule has 0 amide bonds. The lowest BCUT2D eigenvalue weighted by Crippen LogP contribution is -2.25. The fraction of sp³-hybridized carbons (Fsp3) is 0.538. The zero-order valence-corrected chi connectivity index (χ0v) is 10.7. The molecule has 4 nitrogen and oxygen atoms in total. The molecule has 1 aromatic heterocycles. The minimum absolute atomic E-state index is 0.124. The molecule has 17 heavy (non-hydrogen) atoms. The zero-order valence-electron chi connectivity index (χ0n) is 10.7. The molecular formula is C13H19N3O. The van der Waals surface area contributed by atoms with Crippen molar-refractivity contribution in [2.24, 2.45) is 5.41 Å². The minimum Gasteiger partial charge on any atom is -0.385 e. The molecule has 0 aromatic carbocycles. The normalized spacial score (nSPS) is 10.9. The summed E-state index contributed by atoms with van der Waals surface area (Å²) in [6.45, 7) is 5.87. The number of hydrogen-bond acceptors (Lipinski definition) is 4. The summed E-state index contributed by atoms with van der Waals surface area (Å²) in [7, 11) is 1.71. The molecular weight excluding hydrogens is 214 g/mol. The number of anilines is 1. The molecule has 92 valence electrons. The summed E-state index contributed by atoms with van der Waals surface area (Å²) in [5.41, 5.74) is 1.54. The summed E-state index contributed by atoms with van der Waals surface area (Å²) < 4.78 is 5.08. The maximum atomic E-state index is 8.95. The molecule has 0 aliphatic carbocycles. The van der Waals surface area contributed by atoms with Gasteiger partial charge < -0.3 is 10.1 Å². The van der Waals surface area contributed by atoms with Crippen molar-refractivity contribution in [2.75, 3.05) is 25.6 Å².